The highest BCUT2D eigenvalue weighted by atomic mass is 32.2. The number of ether oxygens (including phenoxy) is 1. The molecule has 42 heavy (non-hydrogen) atoms. The fourth-order valence-corrected chi connectivity index (χ4v) is 5.93. The van der Waals surface area contributed by atoms with Crippen molar-refractivity contribution in [3.05, 3.63) is 76.7 Å². The van der Waals surface area contributed by atoms with Gasteiger partial charge in [0.25, 0.3) is 5.56 Å². The molecule has 2 atom stereocenters. The summed E-state index contributed by atoms with van der Waals surface area (Å²) in [5, 5.41) is 13.4. The first-order chi connectivity index (χ1) is 20.4. The van der Waals surface area contributed by atoms with Gasteiger partial charge in [0, 0.05) is 50.9 Å². The first kappa shape index (κ1) is 27.9. The molecule has 13 heteroatoms. The summed E-state index contributed by atoms with van der Waals surface area (Å²) in [5.41, 5.74) is 1.31. The summed E-state index contributed by atoms with van der Waals surface area (Å²) in [5.74, 6) is -0.441. The van der Waals surface area contributed by atoms with Gasteiger partial charge in [0.2, 0.25) is 0 Å². The van der Waals surface area contributed by atoms with Gasteiger partial charge in [0.1, 0.15) is 35.7 Å². The minimum absolute atomic E-state index is 0.0507. The van der Waals surface area contributed by atoms with Gasteiger partial charge in [-0.15, -0.1) is 0 Å². The Hall–Kier alpha value is -4.25. The Morgan fingerprint density at radius 3 is 2.81 bits per heavy atom. The maximum Gasteiger partial charge on any atom is 0.267 e. The number of halogens is 2. The average Bonchev–Trinajstić information content (AvgIpc) is 3.43. The van der Waals surface area contributed by atoms with E-state index in [2.05, 4.69) is 31.8 Å². The molecule has 2 unspecified atom stereocenters. The van der Waals surface area contributed by atoms with Gasteiger partial charge < -0.3 is 19.7 Å². The van der Waals surface area contributed by atoms with E-state index in [1.54, 1.807) is 28.7 Å². The van der Waals surface area contributed by atoms with Crippen molar-refractivity contribution in [3.8, 4) is 23.4 Å². The predicted molar refractivity (Wildman–Crippen MR) is 158 cm³/mol. The largest absolute Gasteiger partial charge is 0.453 e. The van der Waals surface area contributed by atoms with Crippen LogP contribution in [-0.4, -0.2) is 63.8 Å². The summed E-state index contributed by atoms with van der Waals surface area (Å²) in [7, 11) is 0. The van der Waals surface area contributed by atoms with Crippen LogP contribution in [0.1, 0.15) is 18.9 Å². The molecule has 0 amide bonds. The number of rotatable bonds is 7. The molecule has 2 N–H and O–H groups in total. The van der Waals surface area contributed by atoms with E-state index >= 15 is 0 Å². The molecular weight excluding hydrogens is 562 g/mol. The van der Waals surface area contributed by atoms with Crippen molar-refractivity contribution in [2.75, 3.05) is 42.3 Å². The lowest BCUT2D eigenvalue weighted by Gasteiger charge is -2.35. The molecule has 4 heterocycles. The van der Waals surface area contributed by atoms with Crippen LogP contribution >= 0.6 is 12.1 Å². The van der Waals surface area contributed by atoms with Crippen molar-refractivity contribution >= 4 is 34.4 Å². The zero-order valence-electron chi connectivity index (χ0n) is 22.8. The zero-order valence-corrected chi connectivity index (χ0v) is 23.6. The van der Waals surface area contributed by atoms with Crippen molar-refractivity contribution in [1.82, 2.24) is 24.2 Å². The molecule has 10 nitrogen and oxygen atoms in total. The molecule has 2 fully saturated rings. The number of alkyl halides is 1. The van der Waals surface area contributed by atoms with Crippen LogP contribution in [0.25, 0.3) is 16.7 Å². The van der Waals surface area contributed by atoms with Crippen LogP contribution in [0.4, 0.5) is 20.2 Å². The third-order valence-electron chi connectivity index (χ3n) is 7.36. The zero-order chi connectivity index (χ0) is 29.2. The van der Waals surface area contributed by atoms with Gasteiger partial charge in [-0.2, -0.15) is 5.26 Å². The van der Waals surface area contributed by atoms with Gasteiger partial charge >= 0.3 is 0 Å². The van der Waals surface area contributed by atoms with E-state index in [1.165, 1.54) is 29.1 Å². The number of anilines is 2. The van der Waals surface area contributed by atoms with Gasteiger partial charge in [-0.1, -0.05) is 0 Å². The lowest BCUT2D eigenvalue weighted by atomic mass is 10.1. The second-order valence-corrected chi connectivity index (χ2v) is 11.1. The van der Waals surface area contributed by atoms with Crippen LogP contribution in [0.15, 0.2) is 59.8 Å². The number of fused-ring (bicyclic) bond motifs is 1. The molecule has 2 aliphatic heterocycles. The molecule has 0 aliphatic carbocycles. The molecule has 2 aromatic carbocycles. The molecule has 2 aliphatic rings. The number of hydrogen-bond donors (Lipinski definition) is 2. The number of aromatic nitrogens is 3. The molecule has 216 valence electrons. The van der Waals surface area contributed by atoms with Crippen molar-refractivity contribution in [1.29, 1.82) is 5.26 Å². The van der Waals surface area contributed by atoms with Gasteiger partial charge in [-0.3, -0.25) is 9.36 Å². The third kappa shape index (κ3) is 5.61. The molecular formula is C29H28F2N8O2S. The van der Waals surface area contributed by atoms with E-state index in [9.17, 15) is 18.8 Å². The lowest BCUT2D eigenvalue weighted by Crippen LogP contribution is -2.49. The molecule has 2 aromatic heterocycles. The van der Waals surface area contributed by atoms with Crippen molar-refractivity contribution in [2.24, 2.45) is 0 Å². The first-order valence-corrected chi connectivity index (χ1v) is 14.4. The number of benzene rings is 2. The van der Waals surface area contributed by atoms with Crippen LogP contribution in [0.5, 0.6) is 11.5 Å². The van der Waals surface area contributed by atoms with Gasteiger partial charge in [-0.05, 0) is 55.8 Å². The van der Waals surface area contributed by atoms with Crippen molar-refractivity contribution < 1.29 is 13.5 Å². The van der Waals surface area contributed by atoms with E-state index < -0.39 is 12.0 Å². The van der Waals surface area contributed by atoms with E-state index in [4.69, 9.17) is 4.74 Å². The monoisotopic (exact) mass is 590 g/mol. The van der Waals surface area contributed by atoms with Crippen LogP contribution in [0.3, 0.4) is 0 Å². The lowest BCUT2D eigenvalue weighted by molar-refractivity contribution is 0.349. The molecule has 0 saturated carbocycles. The number of nitrogens with one attached hydrogen (secondary N) is 2. The first-order valence-electron chi connectivity index (χ1n) is 13.6. The third-order valence-corrected chi connectivity index (χ3v) is 8.26. The van der Waals surface area contributed by atoms with E-state index in [0.717, 1.165) is 37.5 Å². The molecule has 0 radical (unpaired) electrons. The molecule has 4 aromatic rings. The summed E-state index contributed by atoms with van der Waals surface area (Å²) in [6, 6.07) is 13.3. The number of hydrogen-bond acceptors (Lipinski definition) is 10. The van der Waals surface area contributed by atoms with Crippen LogP contribution < -0.4 is 25.2 Å². The Morgan fingerprint density at radius 1 is 1.19 bits per heavy atom. The van der Waals surface area contributed by atoms with Gasteiger partial charge in [0.05, 0.1) is 28.5 Å². The van der Waals surface area contributed by atoms with Crippen molar-refractivity contribution in [2.45, 2.75) is 25.6 Å². The Bertz CT molecular complexity index is 1710. The SMILES string of the molecule is CC1CNCCN1c1ccc(-n2cnc3ccc(Oc4c(F)ccc(NSN5CCC(F)C5)c4C#N)cc3c2=O)nc1. The summed E-state index contributed by atoms with van der Waals surface area (Å²) in [6.45, 7) is 5.62. The highest BCUT2D eigenvalue weighted by Crippen LogP contribution is 2.35. The van der Waals surface area contributed by atoms with E-state index in [-0.39, 0.29) is 34.6 Å². The highest BCUT2D eigenvalue weighted by Gasteiger charge is 2.24. The number of piperazine rings is 1. The molecule has 0 spiro atoms. The van der Waals surface area contributed by atoms with E-state index in [1.807, 2.05) is 12.1 Å². The second kappa shape index (κ2) is 11.9. The van der Waals surface area contributed by atoms with Crippen LogP contribution in [0.2, 0.25) is 0 Å². The molecule has 0 bridgehead atoms. The van der Waals surface area contributed by atoms with Gasteiger partial charge in [0.15, 0.2) is 11.6 Å². The fraction of sp³-hybridized carbons (Fsp3) is 0.310. The Kier molecular flexibility index (Phi) is 7.92. The number of nitrogens with zero attached hydrogens (tertiary/aromatic N) is 6. The van der Waals surface area contributed by atoms with Gasteiger partial charge in [-0.25, -0.2) is 23.1 Å². The van der Waals surface area contributed by atoms with Crippen LogP contribution in [-0.2, 0) is 0 Å². The Labute approximate surface area is 245 Å². The normalized spacial score (nSPS) is 19.1. The topological polar surface area (TPSA) is 111 Å². The fourth-order valence-electron chi connectivity index (χ4n) is 5.10. The average molecular weight is 591 g/mol. The maximum atomic E-state index is 14.9. The summed E-state index contributed by atoms with van der Waals surface area (Å²) < 4.78 is 40.4. The summed E-state index contributed by atoms with van der Waals surface area (Å²) >= 11 is 1.15. The second-order valence-electron chi connectivity index (χ2n) is 10.2. The van der Waals surface area contributed by atoms with E-state index in [0.29, 0.717) is 36.0 Å². The minimum Gasteiger partial charge on any atom is -0.453 e. The highest BCUT2D eigenvalue weighted by molar-refractivity contribution is 7.98. The quantitative estimate of drug-likeness (QED) is 0.301. The minimum atomic E-state index is -0.898. The molecule has 6 rings (SSSR count). The number of nitriles is 1. The standard InChI is InChI=1S/C29H28F2N8O2S/c1-18-14-33-9-11-38(18)20-2-7-27(34-15-20)39-17-35-25-5-3-21(12-22(25)29(39)40)41-28-23(13-32)26(6-4-24(28)31)36-42-37-10-8-19(30)16-37/h2-7,12,15,17-19,33,36H,8-11,14,16H2,1H3. The number of pyridine rings is 1. The summed E-state index contributed by atoms with van der Waals surface area (Å²) in [4.78, 5) is 24.7. The Balaban J connectivity index is 1.26. The summed E-state index contributed by atoms with van der Waals surface area (Å²) in [6.07, 6.45) is 2.71. The Morgan fingerprint density at radius 2 is 2.07 bits per heavy atom. The van der Waals surface area contributed by atoms with Crippen LogP contribution in [0, 0.1) is 17.1 Å². The smallest absolute Gasteiger partial charge is 0.267 e. The molecule has 2 saturated heterocycles. The van der Waals surface area contributed by atoms with Crippen molar-refractivity contribution in [3.63, 3.8) is 0 Å². The maximum absolute atomic E-state index is 14.9. The predicted octanol–water partition coefficient (Wildman–Crippen LogP) is 4.40.